The van der Waals surface area contributed by atoms with Gasteiger partial charge in [-0.05, 0) is 42.5 Å². The van der Waals surface area contributed by atoms with Crippen molar-refractivity contribution in [1.29, 1.82) is 0 Å². The van der Waals surface area contributed by atoms with Crippen molar-refractivity contribution >= 4 is 28.1 Å². The van der Waals surface area contributed by atoms with E-state index in [-0.39, 0.29) is 0 Å². The Balaban J connectivity index is 2.23. The molecule has 2 aromatic rings. The van der Waals surface area contributed by atoms with E-state index >= 15 is 0 Å². The fourth-order valence-electron chi connectivity index (χ4n) is 1.70. The zero-order chi connectivity index (χ0) is 13.8. The number of hydrogen-bond acceptors (Lipinski definition) is 3. The molecule has 2 N–H and O–H groups in total. The van der Waals surface area contributed by atoms with Crippen molar-refractivity contribution in [3.63, 3.8) is 0 Å². The molecule has 0 aliphatic heterocycles. The van der Waals surface area contributed by atoms with Crippen LogP contribution in [0.25, 0.3) is 0 Å². The van der Waals surface area contributed by atoms with E-state index in [1.165, 1.54) is 0 Å². The maximum atomic E-state index is 12.3. The molecule has 5 heteroatoms. The van der Waals surface area contributed by atoms with Gasteiger partial charge in [0.05, 0.1) is 23.7 Å². The second-order valence-corrected chi connectivity index (χ2v) is 5.90. The van der Waals surface area contributed by atoms with Crippen molar-refractivity contribution in [3.05, 3.63) is 53.1 Å². The maximum Gasteiger partial charge on any atom is 0.123 e. The fourth-order valence-corrected chi connectivity index (χ4v) is 3.01. The highest BCUT2D eigenvalue weighted by Crippen LogP contribution is 2.25. The fraction of sp³-hybridized carbons (Fsp3) is 0.143. The van der Waals surface area contributed by atoms with E-state index in [1.807, 2.05) is 0 Å². The van der Waals surface area contributed by atoms with Crippen molar-refractivity contribution in [1.82, 2.24) is 0 Å². The van der Waals surface area contributed by atoms with Gasteiger partial charge in [-0.25, -0.2) is 0 Å². The molecule has 0 spiro atoms. The molecule has 0 fully saturated rings. The lowest BCUT2D eigenvalue weighted by atomic mass is 10.2. The van der Waals surface area contributed by atoms with E-state index in [1.54, 1.807) is 49.6 Å². The van der Waals surface area contributed by atoms with Crippen LogP contribution in [0.3, 0.4) is 0 Å². The molecule has 2 rings (SSSR count). The van der Waals surface area contributed by atoms with Gasteiger partial charge >= 0.3 is 0 Å². The number of rotatable bonds is 4. The zero-order valence-electron chi connectivity index (χ0n) is 10.4. The minimum absolute atomic E-state index is 0.355. The Morgan fingerprint density at radius 2 is 1.89 bits per heavy atom. The van der Waals surface area contributed by atoms with Gasteiger partial charge in [0, 0.05) is 21.2 Å². The molecule has 0 radical (unpaired) electrons. The van der Waals surface area contributed by atoms with Crippen LogP contribution in [0.1, 0.15) is 5.56 Å². The third-order valence-corrected chi connectivity index (χ3v) is 4.28. The number of hydrogen-bond donors (Lipinski definition) is 1. The summed E-state index contributed by atoms with van der Waals surface area (Å²) in [7, 11) is 0.425. The van der Waals surface area contributed by atoms with Crippen LogP contribution in [0.2, 0.25) is 5.02 Å². The van der Waals surface area contributed by atoms with Crippen LogP contribution in [-0.2, 0) is 16.6 Å². The van der Waals surface area contributed by atoms with E-state index in [2.05, 4.69) is 0 Å². The molecule has 1 unspecified atom stereocenters. The summed E-state index contributed by atoms with van der Waals surface area (Å²) in [6, 6.07) is 12.3. The van der Waals surface area contributed by atoms with E-state index in [9.17, 15) is 4.21 Å². The smallest absolute Gasteiger partial charge is 0.123 e. The molecule has 19 heavy (non-hydrogen) atoms. The summed E-state index contributed by atoms with van der Waals surface area (Å²) in [5, 5.41) is 0.602. The van der Waals surface area contributed by atoms with Gasteiger partial charge in [-0.3, -0.25) is 4.21 Å². The molecule has 0 bridgehead atoms. The van der Waals surface area contributed by atoms with Crippen LogP contribution in [0.5, 0.6) is 5.75 Å². The number of nitrogens with two attached hydrogens (primary N) is 1. The summed E-state index contributed by atoms with van der Waals surface area (Å²) in [4.78, 5) is 0.733. The quantitative estimate of drug-likeness (QED) is 0.881. The van der Waals surface area contributed by atoms with Gasteiger partial charge in [0.2, 0.25) is 0 Å². The van der Waals surface area contributed by atoms with Crippen molar-refractivity contribution in [2.75, 3.05) is 12.8 Å². The molecular weight excluding hydrogens is 282 g/mol. The van der Waals surface area contributed by atoms with Gasteiger partial charge in [-0.15, -0.1) is 0 Å². The number of benzene rings is 2. The summed E-state index contributed by atoms with van der Waals surface area (Å²) in [6.45, 7) is 0. The first-order valence-electron chi connectivity index (χ1n) is 5.66. The summed E-state index contributed by atoms with van der Waals surface area (Å²) >= 11 is 5.95. The second kappa shape index (κ2) is 6.08. The SMILES string of the molecule is COc1ccc(Cl)cc1CS(=O)c1ccc(N)cc1. The molecule has 0 saturated carbocycles. The number of halogens is 1. The summed E-state index contributed by atoms with van der Waals surface area (Å²) in [5.74, 6) is 1.04. The van der Waals surface area contributed by atoms with Gasteiger partial charge < -0.3 is 10.5 Å². The monoisotopic (exact) mass is 295 g/mol. The Bertz CT molecular complexity index is 599. The zero-order valence-corrected chi connectivity index (χ0v) is 12.0. The van der Waals surface area contributed by atoms with Crippen LogP contribution in [0.15, 0.2) is 47.4 Å². The lowest BCUT2D eigenvalue weighted by Gasteiger charge is -2.09. The Morgan fingerprint density at radius 3 is 2.53 bits per heavy atom. The van der Waals surface area contributed by atoms with Crippen LogP contribution in [0, 0.1) is 0 Å². The first-order valence-corrected chi connectivity index (χ1v) is 7.36. The lowest BCUT2D eigenvalue weighted by molar-refractivity contribution is 0.411. The molecule has 0 aliphatic carbocycles. The number of ether oxygens (including phenoxy) is 1. The third kappa shape index (κ3) is 3.49. The Kier molecular flexibility index (Phi) is 4.45. The highest BCUT2D eigenvalue weighted by molar-refractivity contribution is 7.84. The van der Waals surface area contributed by atoms with Crippen LogP contribution in [-0.4, -0.2) is 11.3 Å². The van der Waals surface area contributed by atoms with Crippen molar-refractivity contribution in [3.8, 4) is 5.75 Å². The van der Waals surface area contributed by atoms with Crippen molar-refractivity contribution in [2.45, 2.75) is 10.6 Å². The minimum atomic E-state index is -1.16. The first kappa shape index (κ1) is 13.9. The van der Waals surface area contributed by atoms with Gasteiger partial charge in [-0.2, -0.15) is 0 Å². The summed E-state index contributed by atoms with van der Waals surface area (Å²) < 4.78 is 17.5. The van der Waals surface area contributed by atoms with E-state index in [4.69, 9.17) is 22.1 Å². The van der Waals surface area contributed by atoms with Gasteiger partial charge in [0.25, 0.3) is 0 Å². The third-order valence-electron chi connectivity index (χ3n) is 2.67. The Hall–Kier alpha value is -1.52. The minimum Gasteiger partial charge on any atom is -0.496 e. The van der Waals surface area contributed by atoms with Gasteiger partial charge in [0.1, 0.15) is 5.75 Å². The number of anilines is 1. The van der Waals surface area contributed by atoms with E-state index < -0.39 is 10.8 Å². The molecule has 0 saturated heterocycles. The standard InChI is InChI=1S/C14H14ClNO2S/c1-18-14-7-2-11(15)8-10(14)9-19(17)13-5-3-12(16)4-6-13/h2-8H,9,16H2,1H3. The van der Waals surface area contributed by atoms with Crippen LogP contribution >= 0.6 is 11.6 Å². The average molecular weight is 296 g/mol. The van der Waals surface area contributed by atoms with E-state index in [0.29, 0.717) is 22.2 Å². The lowest BCUT2D eigenvalue weighted by Crippen LogP contribution is -1.99. The molecule has 0 aromatic heterocycles. The Morgan fingerprint density at radius 1 is 1.21 bits per heavy atom. The Labute approximate surface area is 119 Å². The largest absolute Gasteiger partial charge is 0.496 e. The summed E-state index contributed by atoms with van der Waals surface area (Å²) in [6.07, 6.45) is 0. The summed E-state index contributed by atoms with van der Waals surface area (Å²) in [5.41, 5.74) is 7.09. The molecule has 0 aliphatic rings. The van der Waals surface area contributed by atoms with Crippen molar-refractivity contribution < 1.29 is 8.95 Å². The average Bonchev–Trinajstić information content (AvgIpc) is 2.39. The van der Waals surface area contributed by atoms with Crippen molar-refractivity contribution in [2.24, 2.45) is 0 Å². The highest BCUT2D eigenvalue weighted by Gasteiger charge is 2.10. The normalized spacial score (nSPS) is 12.1. The molecule has 0 amide bonds. The predicted octanol–water partition coefficient (Wildman–Crippen LogP) is 3.24. The molecule has 100 valence electrons. The van der Waals surface area contributed by atoms with Gasteiger partial charge in [0.15, 0.2) is 0 Å². The predicted molar refractivity (Wildman–Crippen MR) is 79.0 cm³/mol. The van der Waals surface area contributed by atoms with Gasteiger partial charge in [-0.1, -0.05) is 11.6 Å². The maximum absolute atomic E-state index is 12.3. The number of nitrogen functional groups attached to an aromatic ring is 1. The van der Waals surface area contributed by atoms with Crippen LogP contribution in [0.4, 0.5) is 5.69 Å². The molecule has 3 nitrogen and oxygen atoms in total. The second-order valence-electron chi connectivity index (χ2n) is 4.02. The topological polar surface area (TPSA) is 52.3 Å². The molecule has 0 heterocycles. The molecule has 1 atom stereocenters. The molecular formula is C14H14ClNO2S. The number of methoxy groups -OCH3 is 1. The first-order chi connectivity index (χ1) is 9.10. The molecule has 2 aromatic carbocycles. The van der Waals surface area contributed by atoms with E-state index in [0.717, 1.165) is 10.5 Å². The highest BCUT2D eigenvalue weighted by atomic mass is 35.5. The van der Waals surface area contributed by atoms with Crippen LogP contribution < -0.4 is 10.5 Å².